The summed E-state index contributed by atoms with van der Waals surface area (Å²) in [7, 11) is 0. The molecule has 0 radical (unpaired) electrons. The second-order valence-corrected chi connectivity index (χ2v) is 15.4. The Morgan fingerprint density at radius 2 is 1.73 bits per heavy atom. The number of hydrogen-bond acceptors (Lipinski definition) is 8. The van der Waals surface area contributed by atoms with Gasteiger partial charge in [-0.15, -0.1) is 0 Å². The largest absolute Gasteiger partial charge is 0.393 e. The summed E-state index contributed by atoms with van der Waals surface area (Å²) < 4.78 is 12.5. The highest BCUT2D eigenvalue weighted by atomic mass is 16.7. The van der Waals surface area contributed by atoms with Gasteiger partial charge in [-0.25, -0.2) is 0 Å². The number of hydrogen-bond donors (Lipinski definition) is 6. The molecule has 0 aromatic carbocycles. The summed E-state index contributed by atoms with van der Waals surface area (Å²) in [6, 6.07) is 0. The Kier molecular flexibility index (Phi) is 9.11. The molecule has 8 heteroatoms. The van der Waals surface area contributed by atoms with Gasteiger partial charge in [0.25, 0.3) is 0 Å². The normalized spacial score (nSPS) is 51.4. The van der Waals surface area contributed by atoms with E-state index in [0.29, 0.717) is 25.2 Å². The number of aliphatic hydroxyl groups excluding tert-OH is 6. The van der Waals surface area contributed by atoms with Crippen LogP contribution in [0.15, 0.2) is 11.6 Å². The molecule has 1 aliphatic heterocycles. The monoisotopic (exact) mass is 580 g/mol. The molecule has 0 spiro atoms. The average molecular weight is 581 g/mol. The molecule has 41 heavy (non-hydrogen) atoms. The van der Waals surface area contributed by atoms with E-state index in [4.69, 9.17) is 9.47 Å². The van der Waals surface area contributed by atoms with Crippen molar-refractivity contribution in [1.29, 1.82) is 0 Å². The summed E-state index contributed by atoms with van der Waals surface area (Å²) in [5, 5.41) is 65.3. The van der Waals surface area contributed by atoms with Gasteiger partial charge < -0.3 is 40.1 Å². The minimum Gasteiger partial charge on any atom is -0.393 e. The number of aliphatic hydroxyl groups is 6. The summed E-state index contributed by atoms with van der Waals surface area (Å²) in [5.74, 6) is 0.856. The fourth-order valence-electron chi connectivity index (χ4n) is 10.2. The van der Waals surface area contributed by atoms with Crippen LogP contribution in [0.2, 0.25) is 0 Å². The smallest absolute Gasteiger partial charge is 0.186 e. The van der Waals surface area contributed by atoms with Crippen LogP contribution < -0.4 is 0 Å². The molecular weight excluding hydrogens is 524 g/mol. The average Bonchev–Trinajstić information content (AvgIpc) is 3.19. The Morgan fingerprint density at radius 3 is 2.41 bits per heavy atom. The zero-order valence-corrected chi connectivity index (χ0v) is 25.9. The van der Waals surface area contributed by atoms with Crippen molar-refractivity contribution in [2.75, 3.05) is 0 Å². The minimum absolute atomic E-state index is 0.0910. The molecule has 6 N–H and O–H groups in total. The lowest BCUT2D eigenvalue weighted by Crippen LogP contribution is -2.58. The molecular formula is C33H56O8. The molecule has 8 nitrogen and oxygen atoms in total. The van der Waals surface area contributed by atoms with Crippen molar-refractivity contribution in [3.8, 4) is 0 Å². The van der Waals surface area contributed by atoms with Crippen LogP contribution in [0, 0.1) is 46.3 Å². The first kappa shape index (κ1) is 31.8. The molecule has 0 amide bonds. The lowest BCUT2D eigenvalue weighted by atomic mass is 9.46. The van der Waals surface area contributed by atoms with Gasteiger partial charge >= 0.3 is 0 Å². The van der Waals surface area contributed by atoms with Crippen molar-refractivity contribution in [2.45, 2.75) is 148 Å². The Hall–Kier alpha value is -0.580. The van der Waals surface area contributed by atoms with Crippen LogP contribution in [-0.4, -0.2) is 85.8 Å². The van der Waals surface area contributed by atoms with E-state index < -0.39 is 42.9 Å². The maximum absolute atomic E-state index is 11.9. The Morgan fingerprint density at radius 1 is 1.02 bits per heavy atom. The van der Waals surface area contributed by atoms with Gasteiger partial charge in [-0.3, -0.25) is 0 Å². The summed E-state index contributed by atoms with van der Waals surface area (Å²) >= 11 is 0. The topological polar surface area (TPSA) is 140 Å². The van der Waals surface area contributed by atoms with E-state index in [1.807, 2.05) is 0 Å². The third-order valence-electron chi connectivity index (χ3n) is 12.4. The third-order valence-corrected chi connectivity index (χ3v) is 12.4. The standard InChI is InChI=1S/C33H56O8/c1-16(2)7-10-23(35)17(3)26-25(41-31-30(39)29(38)28(37)18(4)40-31)14-22-21-9-8-19-13-20(34)11-12-32(19,5)27(21)24(36)15-33(22,26)6/h8,16-18,20-31,34-39H,7,9-15H2,1-6H3/t17-,18+,20-,21+,22+,23+,24-,25+,26-,27-,28+,29-,30-,31+,32+,33+/m1/s1. The summed E-state index contributed by atoms with van der Waals surface area (Å²) in [6.07, 6.45) is 1.01. The van der Waals surface area contributed by atoms with E-state index in [9.17, 15) is 30.6 Å². The lowest BCUT2D eigenvalue weighted by Gasteiger charge is -2.60. The van der Waals surface area contributed by atoms with Gasteiger partial charge in [0.15, 0.2) is 6.29 Å². The van der Waals surface area contributed by atoms with E-state index in [0.717, 1.165) is 32.1 Å². The van der Waals surface area contributed by atoms with Crippen LogP contribution in [0.1, 0.15) is 92.9 Å². The van der Waals surface area contributed by atoms with Gasteiger partial charge in [-0.2, -0.15) is 0 Å². The Balaban J connectivity index is 1.47. The molecule has 4 fully saturated rings. The second-order valence-electron chi connectivity index (χ2n) is 15.4. The van der Waals surface area contributed by atoms with Crippen molar-refractivity contribution in [3.63, 3.8) is 0 Å². The molecule has 3 saturated carbocycles. The molecule has 1 heterocycles. The molecule has 0 bridgehead atoms. The quantitative estimate of drug-likeness (QED) is 0.253. The van der Waals surface area contributed by atoms with Gasteiger partial charge in [0, 0.05) is 0 Å². The number of fused-ring (bicyclic) bond motifs is 5. The SMILES string of the molecule is CC(C)CC[C@H](O)[C@@H](C)[C@@H]1[C@@H](O[C@@H]2O[C@@H](C)[C@H](O)[C@@H](O)[C@H]2O)C[C@H]2[C@@H]3CC=C4C[C@H](O)CC[C@]4(C)[C@H]3[C@H](O)C[C@]12C. The predicted octanol–water partition coefficient (Wildman–Crippen LogP) is 3.15. The summed E-state index contributed by atoms with van der Waals surface area (Å²) in [5.41, 5.74) is 0.848. The van der Waals surface area contributed by atoms with E-state index in [1.54, 1.807) is 6.92 Å². The first-order valence-corrected chi connectivity index (χ1v) is 16.3. The third kappa shape index (κ3) is 5.47. The van der Waals surface area contributed by atoms with Gasteiger partial charge in [-0.05, 0) is 105 Å². The Bertz CT molecular complexity index is 956. The number of rotatable bonds is 7. The van der Waals surface area contributed by atoms with Crippen molar-refractivity contribution < 1.29 is 40.1 Å². The van der Waals surface area contributed by atoms with Crippen LogP contribution in [0.5, 0.6) is 0 Å². The van der Waals surface area contributed by atoms with E-state index in [1.165, 1.54) is 5.57 Å². The highest BCUT2D eigenvalue weighted by Gasteiger charge is 2.65. The van der Waals surface area contributed by atoms with Crippen LogP contribution >= 0.6 is 0 Å². The molecule has 4 aliphatic carbocycles. The highest BCUT2D eigenvalue weighted by molar-refractivity contribution is 5.27. The molecule has 5 rings (SSSR count). The molecule has 16 atom stereocenters. The van der Waals surface area contributed by atoms with Crippen LogP contribution in [0.3, 0.4) is 0 Å². The Labute approximate surface area is 246 Å². The van der Waals surface area contributed by atoms with E-state index in [2.05, 4.69) is 40.7 Å². The summed E-state index contributed by atoms with van der Waals surface area (Å²) in [6.45, 7) is 12.6. The van der Waals surface area contributed by atoms with E-state index >= 15 is 0 Å². The van der Waals surface area contributed by atoms with Crippen LogP contribution in [-0.2, 0) is 9.47 Å². The zero-order valence-electron chi connectivity index (χ0n) is 25.9. The maximum Gasteiger partial charge on any atom is 0.186 e. The van der Waals surface area contributed by atoms with Gasteiger partial charge in [0.1, 0.15) is 18.3 Å². The van der Waals surface area contributed by atoms with Gasteiger partial charge in [-0.1, -0.05) is 46.3 Å². The zero-order chi connectivity index (χ0) is 30.0. The van der Waals surface area contributed by atoms with Crippen molar-refractivity contribution in [1.82, 2.24) is 0 Å². The van der Waals surface area contributed by atoms with Crippen molar-refractivity contribution in [2.24, 2.45) is 46.3 Å². The minimum atomic E-state index is -1.38. The molecule has 5 aliphatic rings. The number of ether oxygens (including phenoxy) is 2. The van der Waals surface area contributed by atoms with E-state index in [-0.39, 0.29) is 52.6 Å². The number of allylic oxidation sites excluding steroid dienone is 1. The van der Waals surface area contributed by atoms with Crippen molar-refractivity contribution in [3.05, 3.63) is 11.6 Å². The van der Waals surface area contributed by atoms with Gasteiger partial charge in [0.2, 0.25) is 0 Å². The predicted molar refractivity (Wildman–Crippen MR) is 154 cm³/mol. The fraction of sp³-hybridized carbons (Fsp3) is 0.939. The van der Waals surface area contributed by atoms with Crippen molar-refractivity contribution >= 4 is 0 Å². The first-order valence-electron chi connectivity index (χ1n) is 16.3. The maximum atomic E-state index is 11.9. The molecule has 1 saturated heterocycles. The highest BCUT2D eigenvalue weighted by Crippen LogP contribution is 2.68. The molecule has 236 valence electrons. The second kappa shape index (κ2) is 11.7. The fourth-order valence-corrected chi connectivity index (χ4v) is 10.2. The first-order chi connectivity index (χ1) is 19.2. The summed E-state index contributed by atoms with van der Waals surface area (Å²) in [4.78, 5) is 0. The molecule has 0 aromatic rings. The van der Waals surface area contributed by atoms with Crippen LogP contribution in [0.25, 0.3) is 0 Å². The van der Waals surface area contributed by atoms with Gasteiger partial charge in [0.05, 0.1) is 30.5 Å². The lowest BCUT2D eigenvalue weighted by molar-refractivity contribution is -0.309. The molecule has 0 unspecified atom stereocenters. The molecule has 0 aromatic heterocycles. The van der Waals surface area contributed by atoms with Crippen LogP contribution in [0.4, 0.5) is 0 Å².